The van der Waals surface area contributed by atoms with Crippen LogP contribution >= 0.6 is 0 Å². The molecule has 114 valence electrons. The van der Waals surface area contributed by atoms with Crippen LogP contribution < -0.4 is 10.6 Å². The van der Waals surface area contributed by atoms with Crippen molar-refractivity contribution in [3.63, 3.8) is 0 Å². The number of hydrogen-bond donors (Lipinski definition) is 2. The molecule has 1 heterocycles. The fraction of sp³-hybridized carbons (Fsp3) is 0.600. The molecule has 0 spiro atoms. The predicted molar refractivity (Wildman–Crippen MR) is 79.5 cm³/mol. The van der Waals surface area contributed by atoms with Gasteiger partial charge in [0, 0.05) is 30.8 Å². The molecule has 1 aromatic rings. The van der Waals surface area contributed by atoms with Crippen LogP contribution in [0.4, 0.5) is 5.82 Å². The van der Waals surface area contributed by atoms with Gasteiger partial charge in [0.05, 0.1) is 6.20 Å². The van der Waals surface area contributed by atoms with Gasteiger partial charge in [0.1, 0.15) is 0 Å². The molecule has 0 saturated heterocycles. The number of carbonyl (C=O) groups is 2. The zero-order valence-corrected chi connectivity index (χ0v) is 12.3. The lowest BCUT2D eigenvalue weighted by atomic mass is 9.88. The van der Waals surface area contributed by atoms with Crippen LogP contribution in [-0.4, -0.2) is 27.8 Å². The van der Waals surface area contributed by atoms with Crippen molar-refractivity contribution >= 4 is 17.6 Å². The van der Waals surface area contributed by atoms with E-state index in [0.29, 0.717) is 5.82 Å². The molecular weight excluding hydrogens is 268 g/mol. The molecule has 21 heavy (non-hydrogen) atoms. The van der Waals surface area contributed by atoms with Crippen LogP contribution in [0.1, 0.15) is 45.4 Å². The Bertz CT molecular complexity index is 472. The zero-order chi connectivity index (χ0) is 15.1. The molecule has 1 saturated carbocycles. The highest BCUT2D eigenvalue weighted by atomic mass is 16.2. The standard InChI is InChI=1S/C15H22N4O2/c1-11(18-15(21)12-5-3-2-4-6-12)9-14(20)19-13-10-16-7-8-17-13/h7-8,10-12H,2-6,9H2,1H3,(H,18,21)(H,17,19,20). The summed E-state index contributed by atoms with van der Waals surface area (Å²) < 4.78 is 0. The molecule has 0 aromatic carbocycles. The summed E-state index contributed by atoms with van der Waals surface area (Å²) in [6.07, 6.45) is 10.2. The van der Waals surface area contributed by atoms with Crippen LogP contribution in [0.2, 0.25) is 0 Å². The Balaban J connectivity index is 1.74. The molecule has 2 amide bonds. The van der Waals surface area contributed by atoms with Gasteiger partial charge in [-0.05, 0) is 19.8 Å². The van der Waals surface area contributed by atoms with Crippen molar-refractivity contribution in [2.75, 3.05) is 5.32 Å². The van der Waals surface area contributed by atoms with E-state index in [1.807, 2.05) is 6.92 Å². The maximum Gasteiger partial charge on any atom is 0.227 e. The first-order valence-electron chi connectivity index (χ1n) is 7.51. The van der Waals surface area contributed by atoms with Crippen LogP contribution in [0.3, 0.4) is 0 Å². The van der Waals surface area contributed by atoms with Gasteiger partial charge in [-0.2, -0.15) is 0 Å². The number of aromatic nitrogens is 2. The summed E-state index contributed by atoms with van der Waals surface area (Å²) in [6, 6.07) is -0.184. The smallest absolute Gasteiger partial charge is 0.227 e. The summed E-state index contributed by atoms with van der Waals surface area (Å²) in [5.74, 6) is 0.444. The quantitative estimate of drug-likeness (QED) is 0.867. The monoisotopic (exact) mass is 290 g/mol. The van der Waals surface area contributed by atoms with Crippen molar-refractivity contribution in [3.8, 4) is 0 Å². The van der Waals surface area contributed by atoms with Crippen LogP contribution in [-0.2, 0) is 9.59 Å². The zero-order valence-electron chi connectivity index (χ0n) is 12.3. The van der Waals surface area contributed by atoms with Crippen molar-refractivity contribution in [2.45, 2.75) is 51.5 Å². The van der Waals surface area contributed by atoms with Gasteiger partial charge in [0.15, 0.2) is 5.82 Å². The normalized spacial score (nSPS) is 17.0. The molecule has 0 bridgehead atoms. The van der Waals surface area contributed by atoms with E-state index in [9.17, 15) is 9.59 Å². The SMILES string of the molecule is CC(CC(=O)Nc1cnccn1)NC(=O)C1CCCCC1. The first kappa shape index (κ1) is 15.4. The van der Waals surface area contributed by atoms with Crippen molar-refractivity contribution in [1.29, 1.82) is 0 Å². The number of hydrogen-bond acceptors (Lipinski definition) is 4. The highest BCUT2D eigenvalue weighted by Gasteiger charge is 2.22. The lowest BCUT2D eigenvalue weighted by Gasteiger charge is -2.23. The van der Waals surface area contributed by atoms with E-state index in [0.717, 1.165) is 25.7 Å². The average molecular weight is 290 g/mol. The third-order valence-corrected chi connectivity index (χ3v) is 3.69. The fourth-order valence-corrected chi connectivity index (χ4v) is 2.61. The molecule has 1 fully saturated rings. The van der Waals surface area contributed by atoms with E-state index in [4.69, 9.17) is 0 Å². The Morgan fingerprint density at radius 3 is 2.71 bits per heavy atom. The molecular formula is C15H22N4O2. The Kier molecular flexibility index (Phi) is 5.66. The molecule has 0 aliphatic heterocycles. The van der Waals surface area contributed by atoms with Gasteiger partial charge < -0.3 is 10.6 Å². The predicted octanol–water partition coefficient (Wildman–Crippen LogP) is 1.89. The molecule has 1 aromatic heterocycles. The van der Waals surface area contributed by atoms with Gasteiger partial charge in [-0.3, -0.25) is 14.6 Å². The number of rotatable bonds is 5. The van der Waals surface area contributed by atoms with Gasteiger partial charge in [-0.15, -0.1) is 0 Å². The maximum absolute atomic E-state index is 12.1. The highest BCUT2D eigenvalue weighted by Crippen LogP contribution is 2.23. The first-order chi connectivity index (χ1) is 10.1. The second kappa shape index (κ2) is 7.71. The van der Waals surface area contributed by atoms with Crippen LogP contribution in [0.15, 0.2) is 18.6 Å². The summed E-state index contributed by atoms with van der Waals surface area (Å²) >= 11 is 0. The second-order valence-corrected chi connectivity index (χ2v) is 5.59. The van der Waals surface area contributed by atoms with Crippen LogP contribution in [0, 0.1) is 5.92 Å². The summed E-state index contributed by atoms with van der Waals surface area (Å²) in [5, 5.41) is 5.59. The van der Waals surface area contributed by atoms with E-state index in [1.54, 1.807) is 6.20 Å². The first-order valence-corrected chi connectivity index (χ1v) is 7.51. The molecule has 1 aliphatic rings. The molecule has 1 unspecified atom stereocenters. The third-order valence-electron chi connectivity index (χ3n) is 3.69. The number of amides is 2. The summed E-state index contributed by atoms with van der Waals surface area (Å²) in [7, 11) is 0. The average Bonchev–Trinajstić information content (AvgIpc) is 2.48. The summed E-state index contributed by atoms with van der Waals surface area (Å²) in [4.78, 5) is 31.8. The van der Waals surface area contributed by atoms with Gasteiger partial charge in [0.2, 0.25) is 11.8 Å². The second-order valence-electron chi connectivity index (χ2n) is 5.59. The van der Waals surface area contributed by atoms with Crippen molar-refractivity contribution in [2.24, 2.45) is 5.92 Å². The number of nitrogens with zero attached hydrogens (tertiary/aromatic N) is 2. The molecule has 1 atom stereocenters. The molecule has 1 aliphatic carbocycles. The molecule has 6 nitrogen and oxygen atoms in total. The van der Waals surface area contributed by atoms with Gasteiger partial charge in [0.25, 0.3) is 0 Å². The third kappa shape index (κ3) is 5.13. The van der Waals surface area contributed by atoms with E-state index in [2.05, 4.69) is 20.6 Å². The molecule has 0 radical (unpaired) electrons. The van der Waals surface area contributed by atoms with Gasteiger partial charge >= 0.3 is 0 Å². The lowest BCUT2D eigenvalue weighted by Crippen LogP contribution is -2.39. The summed E-state index contributed by atoms with van der Waals surface area (Å²) in [6.45, 7) is 1.84. The summed E-state index contributed by atoms with van der Waals surface area (Å²) in [5.41, 5.74) is 0. The van der Waals surface area contributed by atoms with Gasteiger partial charge in [-0.25, -0.2) is 4.98 Å². The van der Waals surface area contributed by atoms with Crippen molar-refractivity contribution < 1.29 is 9.59 Å². The number of nitrogens with one attached hydrogen (secondary N) is 2. The van der Waals surface area contributed by atoms with Gasteiger partial charge in [-0.1, -0.05) is 19.3 Å². The number of carbonyl (C=O) groups excluding carboxylic acids is 2. The van der Waals surface area contributed by atoms with Crippen LogP contribution in [0.25, 0.3) is 0 Å². The molecule has 6 heteroatoms. The molecule has 2 N–H and O–H groups in total. The lowest BCUT2D eigenvalue weighted by molar-refractivity contribution is -0.126. The minimum atomic E-state index is -0.184. The minimum Gasteiger partial charge on any atom is -0.353 e. The fourth-order valence-electron chi connectivity index (χ4n) is 2.61. The Hall–Kier alpha value is -1.98. The van der Waals surface area contributed by atoms with E-state index >= 15 is 0 Å². The van der Waals surface area contributed by atoms with E-state index in [1.165, 1.54) is 18.8 Å². The van der Waals surface area contributed by atoms with Crippen LogP contribution in [0.5, 0.6) is 0 Å². The van der Waals surface area contributed by atoms with Crippen molar-refractivity contribution in [3.05, 3.63) is 18.6 Å². The topological polar surface area (TPSA) is 84.0 Å². The largest absolute Gasteiger partial charge is 0.353 e. The Morgan fingerprint density at radius 2 is 2.05 bits per heavy atom. The highest BCUT2D eigenvalue weighted by molar-refractivity contribution is 5.90. The Labute approximate surface area is 124 Å². The van der Waals surface area contributed by atoms with Crippen molar-refractivity contribution in [1.82, 2.24) is 15.3 Å². The van der Waals surface area contributed by atoms with E-state index in [-0.39, 0.29) is 30.2 Å². The maximum atomic E-state index is 12.1. The number of anilines is 1. The minimum absolute atomic E-state index is 0.0782. The molecule has 2 rings (SSSR count). The van der Waals surface area contributed by atoms with E-state index < -0.39 is 0 Å². The Morgan fingerprint density at radius 1 is 1.29 bits per heavy atom.